The number of hydrogen-bond acceptors (Lipinski definition) is 1. The molecule has 0 saturated heterocycles. The molecule has 1 aliphatic rings. The van der Waals surface area contributed by atoms with Crippen LogP contribution in [-0.4, -0.2) is 4.57 Å². The molecular formula is C45H34N2. The molecule has 0 radical (unpaired) electrons. The number of nitrogens with zero attached hydrogens (tertiary/aromatic N) is 2. The third kappa shape index (κ3) is 4.33. The predicted molar refractivity (Wildman–Crippen MR) is 198 cm³/mol. The number of anilines is 3. The molecule has 0 atom stereocenters. The van der Waals surface area contributed by atoms with Crippen LogP contribution in [0, 0.1) is 0 Å². The largest absolute Gasteiger partial charge is 0.310 e. The fourth-order valence-corrected chi connectivity index (χ4v) is 7.65. The van der Waals surface area contributed by atoms with Gasteiger partial charge in [-0.05, 0) is 94.0 Å². The molecule has 0 bridgehead atoms. The van der Waals surface area contributed by atoms with Crippen molar-refractivity contribution in [3.63, 3.8) is 0 Å². The van der Waals surface area contributed by atoms with Crippen LogP contribution in [0.25, 0.3) is 49.7 Å². The van der Waals surface area contributed by atoms with Gasteiger partial charge in [-0.2, -0.15) is 0 Å². The highest BCUT2D eigenvalue weighted by Crippen LogP contribution is 2.51. The highest BCUT2D eigenvalue weighted by atomic mass is 15.1. The summed E-state index contributed by atoms with van der Waals surface area (Å²) in [6, 6.07) is 61.7. The molecule has 0 fully saturated rings. The van der Waals surface area contributed by atoms with Gasteiger partial charge in [-0.25, -0.2) is 0 Å². The van der Waals surface area contributed by atoms with E-state index in [1.165, 1.54) is 55.2 Å². The molecule has 1 aliphatic carbocycles. The second kappa shape index (κ2) is 10.6. The molecule has 7 aromatic carbocycles. The minimum atomic E-state index is -0.0702. The lowest BCUT2D eigenvalue weighted by Crippen LogP contribution is -2.14. The Balaban J connectivity index is 1.28. The van der Waals surface area contributed by atoms with Gasteiger partial charge >= 0.3 is 0 Å². The van der Waals surface area contributed by atoms with Crippen LogP contribution in [0.1, 0.15) is 25.0 Å². The molecule has 2 heteroatoms. The van der Waals surface area contributed by atoms with E-state index < -0.39 is 0 Å². The van der Waals surface area contributed by atoms with Gasteiger partial charge in [0.15, 0.2) is 0 Å². The van der Waals surface area contributed by atoms with E-state index in [0.717, 1.165) is 22.7 Å². The molecule has 2 nitrogen and oxygen atoms in total. The zero-order chi connectivity index (χ0) is 31.5. The van der Waals surface area contributed by atoms with Gasteiger partial charge in [0.2, 0.25) is 0 Å². The molecule has 0 amide bonds. The van der Waals surface area contributed by atoms with Gasteiger partial charge in [-0.3, -0.25) is 0 Å². The molecule has 0 unspecified atom stereocenters. The van der Waals surface area contributed by atoms with Crippen molar-refractivity contribution in [3.8, 4) is 27.9 Å². The van der Waals surface area contributed by atoms with Crippen molar-refractivity contribution in [1.29, 1.82) is 0 Å². The molecule has 0 spiro atoms. The van der Waals surface area contributed by atoms with E-state index in [0.29, 0.717) is 0 Å². The topological polar surface area (TPSA) is 8.17 Å². The van der Waals surface area contributed by atoms with E-state index in [2.05, 4.69) is 193 Å². The first kappa shape index (κ1) is 27.5. The Bertz CT molecular complexity index is 2400. The number of fused-ring (bicyclic) bond motifs is 6. The summed E-state index contributed by atoms with van der Waals surface area (Å²) in [5.41, 5.74) is 14.8. The average Bonchev–Trinajstić information content (AvgIpc) is 3.56. The number of benzene rings is 7. The minimum absolute atomic E-state index is 0.0702. The molecule has 224 valence electrons. The van der Waals surface area contributed by atoms with Crippen molar-refractivity contribution in [2.45, 2.75) is 19.3 Å². The first-order chi connectivity index (χ1) is 23.1. The van der Waals surface area contributed by atoms with Gasteiger partial charge in [-0.1, -0.05) is 123 Å². The molecule has 1 aromatic heterocycles. The van der Waals surface area contributed by atoms with Gasteiger partial charge in [0.25, 0.3) is 0 Å². The van der Waals surface area contributed by atoms with Crippen LogP contribution >= 0.6 is 0 Å². The molecule has 8 aromatic rings. The summed E-state index contributed by atoms with van der Waals surface area (Å²) < 4.78 is 2.45. The quantitative estimate of drug-likeness (QED) is 0.190. The molecule has 0 aliphatic heterocycles. The summed E-state index contributed by atoms with van der Waals surface area (Å²) in [6.45, 7) is 4.72. The van der Waals surface area contributed by atoms with Crippen molar-refractivity contribution in [2.75, 3.05) is 4.90 Å². The third-order valence-electron chi connectivity index (χ3n) is 9.97. The van der Waals surface area contributed by atoms with E-state index in [1.54, 1.807) is 0 Å². The Hall–Kier alpha value is -5.86. The molecule has 0 N–H and O–H groups in total. The number of hydrogen-bond donors (Lipinski definition) is 0. The number of rotatable bonds is 5. The molecule has 9 rings (SSSR count). The van der Waals surface area contributed by atoms with E-state index >= 15 is 0 Å². The normalized spacial score (nSPS) is 13.1. The average molecular weight is 603 g/mol. The van der Waals surface area contributed by atoms with Gasteiger partial charge in [0.1, 0.15) is 0 Å². The predicted octanol–water partition coefficient (Wildman–Crippen LogP) is 12.2. The zero-order valence-electron chi connectivity index (χ0n) is 26.6. The second-order valence-corrected chi connectivity index (χ2v) is 13.0. The second-order valence-electron chi connectivity index (χ2n) is 13.0. The summed E-state index contributed by atoms with van der Waals surface area (Å²) in [6.07, 6.45) is 0. The van der Waals surface area contributed by atoms with Crippen LogP contribution < -0.4 is 4.90 Å². The summed E-state index contributed by atoms with van der Waals surface area (Å²) in [7, 11) is 0. The van der Waals surface area contributed by atoms with Gasteiger partial charge in [0.05, 0.1) is 11.0 Å². The van der Waals surface area contributed by atoms with Crippen LogP contribution in [-0.2, 0) is 5.41 Å². The number of aromatic nitrogens is 1. The first-order valence-electron chi connectivity index (χ1n) is 16.4. The third-order valence-corrected chi connectivity index (χ3v) is 9.97. The minimum Gasteiger partial charge on any atom is -0.310 e. The van der Waals surface area contributed by atoms with E-state index in [4.69, 9.17) is 0 Å². The molecule has 0 saturated carbocycles. The Morgan fingerprint density at radius 2 is 1.00 bits per heavy atom. The zero-order valence-corrected chi connectivity index (χ0v) is 26.6. The lowest BCUT2D eigenvalue weighted by molar-refractivity contribution is 0.661. The maximum atomic E-state index is 2.45. The fraction of sp³-hybridized carbons (Fsp3) is 0.0667. The lowest BCUT2D eigenvalue weighted by Gasteiger charge is -2.26. The highest BCUT2D eigenvalue weighted by molar-refractivity contribution is 6.12. The molecule has 47 heavy (non-hydrogen) atoms. The highest BCUT2D eigenvalue weighted by Gasteiger charge is 2.36. The van der Waals surface area contributed by atoms with Crippen LogP contribution in [0.5, 0.6) is 0 Å². The van der Waals surface area contributed by atoms with Crippen molar-refractivity contribution in [3.05, 3.63) is 181 Å². The van der Waals surface area contributed by atoms with E-state index in [1.807, 2.05) is 0 Å². The Morgan fingerprint density at radius 3 is 1.74 bits per heavy atom. The van der Waals surface area contributed by atoms with Crippen molar-refractivity contribution in [2.24, 2.45) is 0 Å². The Labute approximate surface area is 275 Å². The van der Waals surface area contributed by atoms with Gasteiger partial charge < -0.3 is 9.47 Å². The molecule has 1 heterocycles. The van der Waals surface area contributed by atoms with Crippen LogP contribution in [0.2, 0.25) is 0 Å². The first-order valence-corrected chi connectivity index (χ1v) is 16.4. The summed E-state index contributed by atoms with van der Waals surface area (Å²) in [5, 5.41) is 2.53. The maximum Gasteiger partial charge on any atom is 0.0561 e. The number of para-hydroxylation sites is 2. The van der Waals surface area contributed by atoms with Crippen LogP contribution in [0.15, 0.2) is 170 Å². The summed E-state index contributed by atoms with van der Waals surface area (Å²) in [5.74, 6) is 0. The van der Waals surface area contributed by atoms with Crippen molar-refractivity contribution < 1.29 is 0 Å². The fourth-order valence-electron chi connectivity index (χ4n) is 7.65. The van der Waals surface area contributed by atoms with Crippen LogP contribution in [0.4, 0.5) is 17.1 Å². The van der Waals surface area contributed by atoms with Crippen molar-refractivity contribution in [1.82, 2.24) is 4.57 Å². The SMILES string of the molecule is CC1(C)c2ccccc2-c2cc3c4ccc(N(c5ccccc5)c5ccc(-c6ccccc6)cc5)cc4n(-c4ccccc4)c3cc21. The lowest BCUT2D eigenvalue weighted by atomic mass is 9.82. The van der Waals surface area contributed by atoms with Gasteiger partial charge in [0, 0.05) is 38.9 Å². The smallest absolute Gasteiger partial charge is 0.0561 e. The van der Waals surface area contributed by atoms with Crippen molar-refractivity contribution >= 4 is 38.9 Å². The standard InChI is InChI=1S/C45H34N2/c1-45(2)41-21-13-12-20-37(41)39-29-40-38-27-26-36(28-43(38)47(44(40)30-42(39)45)34-18-10-5-11-19-34)46(33-16-8-4-9-17-33)35-24-22-32(23-25-35)31-14-6-3-7-15-31/h3-30H,1-2H3. The van der Waals surface area contributed by atoms with E-state index in [9.17, 15) is 0 Å². The Kier molecular flexibility index (Phi) is 6.20. The monoisotopic (exact) mass is 602 g/mol. The summed E-state index contributed by atoms with van der Waals surface area (Å²) >= 11 is 0. The van der Waals surface area contributed by atoms with Gasteiger partial charge in [-0.15, -0.1) is 0 Å². The Morgan fingerprint density at radius 1 is 0.426 bits per heavy atom. The maximum absolute atomic E-state index is 2.45. The van der Waals surface area contributed by atoms with E-state index in [-0.39, 0.29) is 5.41 Å². The summed E-state index contributed by atoms with van der Waals surface area (Å²) in [4.78, 5) is 2.36. The van der Waals surface area contributed by atoms with Crippen LogP contribution in [0.3, 0.4) is 0 Å². The molecular weight excluding hydrogens is 569 g/mol.